The second kappa shape index (κ2) is 6.01. The first-order chi connectivity index (χ1) is 10.6. The Kier molecular flexibility index (Phi) is 4.07. The third-order valence-corrected chi connectivity index (χ3v) is 4.07. The molecule has 2 amide bonds. The van der Waals surface area contributed by atoms with Crippen molar-refractivity contribution in [3.05, 3.63) is 28.8 Å². The van der Waals surface area contributed by atoms with E-state index in [1.165, 1.54) is 0 Å². The van der Waals surface area contributed by atoms with Gasteiger partial charge in [0, 0.05) is 18.5 Å². The van der Waals surface area contributed by atoms with Crippen molar-refractivity contribution < 1.29 is 9.53 Å². The van der Waals surface area contributed by atoms with Crippen molar-refractivity contribution in [2.24, 2.45) is 0 Å². The fourth-order valence-corrected chi connectivity index (χ4v) is 2.88. The number of urea groups is 1. The molecule has 0 aliphatic carbocycles. The van der Waals surface area contributed by atoms with Crippen LogP contribution in [0.2, 0.25) is 5.02 Å². The molecule has 0 bridgehead atoms. The van der Waals surface area contributed by atoms with Gasteiger partial charge in [0.2, 0.25) is 0 Å². The van der Waals surface area contributed by atoms with Crippen molar-refractivity contribution in [3.8, 4) is 5.75 Å². The number of anilines is 1. The molecule has 3 rings (SSSR count). The molecule has 2 aromatic rings. The fraction of sp³-hybridized carbons (Fsp3) is 0.375. The van der Waals surface area contributed by atoms with E-state index in [-0.39, 0.29) is 6.03 Å². The van der Waals surface area contributed by atoms with Crippen molar-refractivity contribution in [3.63, 3.8) is 0 Å². The maximum Gasteiger partial charge on any atom is 0.323 e. The van der Waals surface area contributed by atoms with E-state index in [9.17, 15) is 4.79 Å². The summed E-state index contributed by atoms with van der Waals surface area (Å²) in [6.07, 6.45) is 1.72. The molecule has 0 saturated carbocycles. The predicted octanol–water partition coefficient (Wildman–Crippen LogP) is 3.38. The molecule has 5 nitrogen and oxygen atoms in total. The highest BCUT2D eigenvalue weighted by Gasteiger charge is 2.26. The molecule has 1 aliphatic heterocycles. The Hall–Kier alpha value is -2.01. The summed E-state index contributed by atoms with van der Waals surface area (Å²) in [5.74, 6) is 1.36. The minimum atomic E-state index is -0.0907. The number of nitrogens with one attached hydrogen (secondary N) is 1. The molecule has 0 spiro atoms. The van der Waals surface area contributed by atoms with Crippen LogP contribution in [0.25, 0.3) is 10.9 Å². The Balaban J connectivity index is 2.00. The van der Waals surface area contributed by atoms with Crippen molar-refractivity contribution in [1.82, 2.24) is 10.3 Å². The lowest BCUT2D eigenvalue weighted by molar-refractivity contribution is 0.246. The van der Waals surface area contributed by atoms with Crippen LogP contribution < -0.4 is 15.0 Å². The quantitative estimate of drug-likeness (QED) is 0.943. The highest BCUT2D eigenvalue weighted by Crippen LogP contribution is 2.34. The third-order valence-electron chi connectivity index (χ3n) is 3.78. The zero-order chi connectivity index (χ0) is 15.7. The molecule has 1 aromatic heterocycles. The van der Waals surface area contributed by atoms with Crippen molar-refractivity contribution in [2.45, 2.75) is 19.8 Å². The van der Waals surface area contributed by atoms with Crippen LogP contribution in [0.4, 0.5) is 10.6 Å². The molecule has 1 aliphatic rings. The van der Waals surface area contributed by atoms with E-state index in [0.717, 1.165) is 35.1 Å². The lowest BCUT2D eigenvalue weighted by atomic mass is 10.1. The topological polar surface area (TPSA) is 54.5 Å². The van der Waals surface area contributed by atoms with E-state index in [2.05, 4.69) is 16.4 Å². The molecular formula is C16H18ClN3O2. The third kappa shape index (κ3) is 2.57. The van der Waals surface area contributed by atoms with Crippen LogP contribution in [0, 0.1) is 0 Å². The van der Waals surface area contributed by atoms with Crippen molar-refractivity contribution in [1.29, 1.82) is 0 Å². The van der Waals surface area contributed by atoms with Gasteiger partial charge in [0.25, 0.3) is 0 Å². The van der Waals surface area contributed by atoms with Gasteiger partial charge in [-0.05, 0) is 36.6 Å². The number of hydrogen-bond donors (Lipinski definition) is 1. The van der Waals surface area contributed by atoms with Gasteiger partial charge in [-0.15, -0.1) is 0 Å². The second-order valence-electron chi connectivity index (χ2n) is 5.28. The maximum absolute atomic E-state index is 12.2. The van der Waals surface area contributed by atoms with Crippen molar-refractivity contribution >= 4 is 34.4 Å². The SMILES string of the molecule is CCCNC(=O)N1CCc2cc3cc(OC)c(Cl)cc3nc21. The summed E-state index contributed by atoms with van der Waals surface area (Å²) in [5, 5.41) is 4.38. The van der Waals surface area contributed by atoms with Crippen LogP contribution in [0.5, 0.6) is 5.75 Å². The molecule has 0 saturated heterocycles. The van der Waals surface area contributed by atoms with E-state index >= 15 is 0 Å². The van der Waals surface area contributed by atoms with E-state index in [0.29, 0.717) is 23.9 Å². The fourth-order valence-electron chi connectivity index (χ4n) is 2.65. The standard InChI is InChI=1S/C16H18ClN3O2/c1-3-5-18-16(21)20-6-4-10-7-11-8-14(22-2)12(17)9-13(11)19-15(10)20/h7-9H,3-6H2,1-2H3,(H,18,21). The number of aromatic nitrogens is 1. The van der Waals surface area contributed by atoms with Gasteiger partial charge in [0.15, 0.2) is 0 Å². The van der Waals surface area contributed by atoms with Crippen LogP contribution >= 0.6 is 11.6 Å². The number of carbonyl (C=O) groups excluding carboxylic acids is 1. The van der Waals surface area contributed by atoms with E-state index in [1.807, 2.05) is 13.0 Å². The summed E-state index contributed by atoms with van der Waals surface area (Å²) >= 11 is 6.16. The Morgan fingerprint density at radius 3 is 3.00 bits per heavy atom. The first kappa shape index (κ1) is 14.9. The monoisotopic (exact) mass is 319 g/mol. The summed E-state index contributed by atoms with van der Waals surface area (Å²) < 4.78 is 5.24. The molecule has 1 N–H and O–H groups in total. The summed E-state index contributed by atoms with van der Waals surface area (Å²) in [5.41, 5.74) is 1.84. The van der Waals surface area contributed by atoms with Gasteiger partial charge in [-0.1, -0.05) is 18.5 Å². The van der Waals surface area contributed by atoms with Crippen LogP contribution in [-0.2, 0) is 6.42 Å². The summed E-state index contributed by atoms with van der Waals surface area (Å²) in [7, 11) is 1.59. The van der Waals surface area contributed by atoms with Crippen molar-refractivity contribution in [2.75, 3.05) is 25.1 Å². The van der Waals surface area contributed by atoms with Gasteiger partial charge in [0.1, 0.15) is 11.6 Å². The van der Waals surface area contributed by atoms with Gasteiger partial charge < -0.3 is 10.1 Å². The second-order valence-corrected chi connectivity index (χ2v) is 5.69. The molecule has 2 heterocycles. The average molecular weight is 320 g/mol. The molecule has 0 fully saturated rings. The highest BCUT2D eigenvalue weighted by atomic mass is 35.5. The summed E-state index contributed by atoms with van der Waals surface area (Å²) in [4.78, 5) is 18.5. The summed E-state index contributed by atoms with van der Waals surface area (Å²) in [6.45, 7) is 3.35. The van der Waals surface area contributed by atoms with Crippen LogP contribution in [0.15, 0.2) is 18.2 Å². The van der Waals surface area contributed by atoms with Gasteiger partial charge in [-0.3, -0.25) is 4.90 Å². The number of methoxy groups -OCH3 is 1. The number of benzene rings is 1. The van der Waals surface area contributed by atoms with Crippen LogP contribution in [0.1, 0.15) is 18.9 Å². The minimum absolute atomic E-state index is 0.0907. The molecule has 0 atom stereocenters. The normalized spacial score (nSPS) is 13.3. The number of hydrogen-bond acceptors (Lipinski definition) is 3. The van der Waals surface area contributed by atoms with Crippen LogP contribution in [-0.4, -0.2) is 31.2 Å². The lowest BCUT2D eigenvalue weighted by Crippen LogP contribution is -2.39. The molecule has 116 valence electrons. The van der Waals surface area contributed by atoms with Gasteiger partial charge in [-0.2, -0.15) is 0 Å². The highest BCUT2D eigenvalue weighted by molar-refractivity contribution is 6.32. The zero-order valence-corrected chi connectivity index (χ0v) is 13.4. The number of carbonyl (C=O) groups is 1. The van der Waals surface area contributed by atoms with E-state index in [4.69, 9.17) is 16.3 Å². The minimum Gasteiger partial charge on any atom is -0.495 e. The Morgan fingerprint density at radius 1 is 1.45 bits per heavy atom. The Bertz CT molecular complexity index is 733. The van der Waals surface area contributed by atoms with Gasteiger partial charge in [-0.25, -0.2) is 9.78 Å². The Labute approximate surface area is 134 Å². The molecule has 0 radical (unpaired) electrons. The van der Waals surface area contributed by atoms with E-state index < -0.39 is 0 Å². The maximum atomic E-state index is 12.2. The number of amides is 2. The molecule has 22 heavy (non-hydrogen) atoms. The number of fused-ring (bicyclic) bond motifs is 2. The van der Waals surface area contributed by atoms with Crippen LogP contribution in [0.3, 0.4) is 0 Å². The van der Waals surface area contributed by atoms with Gasteiger partial charge >= 0.3 is 6.03 Å². The molecule has 1 aromatic carbocycles. The lowest BCUT2D eigenvalue weighted by Gasteiger charge is -2.17. The number of ether oxygens (including phenoxy) is 1. The molecule has 0 unspecified atom stereocenters. The number of pyridine rings is 1. The van der Waals surface area contributed by atoms with Gasteiger partial charge in [0.05, 0.1) is 17.6 Å². The van der Waals surface area contributed by atoms with E-state index in [1.54, 1.807) is 18.1 Å². The number of rotatable bonds is 3. The first-order valence-corrected chi connectivity index (χ1v) is 7.74. The largest absolute Gasteiger partial charge is 0.495 e. The summed E-state index contributed by atoms with van der Waals surface area (Å²) in [6, 6.07) is 5.62. The first-order valence-electron chi connectivity index (χ1n) is 7.36. The Morgan fingerprint density at radius 2 is 2.27 bits per heavy atom. The smallest absolute Gasteiger partial charge is 0.323 e. The number of nitrogens with zero attached hydrogens (tertiary/aromatic N) is 2. The average Bonchev–Trinajstić information content (AvgIpc) is 2.92. The zero-order valence-electron chi connectivity index (χ0n) is 12.6. The molecule has 6 heteroatoms. The number of halogens is 1. The molecular weight excluding hydrogens is 302 g/mol. The predicted molar refractivity (Wildman–Crippen MR) is 88.0 cm³/mol.